The van der Waals surface area contributed by atoms with E-state index in [9.17, 15) is 4.79 Å². The molecule has 1 aromatic carbocycles. The van der Waals surface area contributed by atoms with E-state index in [0.29, 0.717) is 32.2 Å². The molecular formula is C27H46O5. The first-order valence-electron chi connectivity index (χ1n) is 12.9. The molecule has 0 aliphatic heterocycles. The van der Waals surface area contributed by atoms with Gasteiger partial charge in [-0.05, 0) is 30.7 Å². The molecular weight excluding hydrogens is 404 g/mol. The summed E-state index contributed by atoms with van der Waals surface area (Å²) in [6.07, 6.45) is 19.2. The van der Waals surface area contributed by atoms with Crippen molar-refractivity contribution in [2.45, 2.75) is 96.8 Å². The van der Waals surface area contributed by atoms with Crippen LogP contribution in [-0.4, -0.2) is 44.1 Å². The van der Waals surface area contributed by atoms with E-state index in [-0.39, 0.29) is 5.56 Å². The van der Waals surface area contributed by atoms with Gasteiger partial charge < -0.3 is 19.3 Å². The summed E-state index contributed by atoms with van der Waals surface area (Å²) in [5, 5.41) is 8.86. The smallest absolute Gasteiger partial charge is 0.335 e. The molecule has 1 aromatic rings. The van der Waals surface area contributed by atoms with Crippen molar-refractivity contribution in [1.82, 2.24) is 0 Å². The summed E-state index contributed by atoms with van der Waals surface area (Å²) in [7, 11) is 0. The molecule has 0 radical (unpaired) electrons. The molecule has 5 nitrogen and oxygen atoms in total. The molecule has 0 atom stereocenters. The van der Waals surface area contributed by atoms with Gasteiger partial charge in [-0.3, -0.25) is 0 Å². The first kappa shape index (κ1) is 28.4. The third kappa shape index (κ3) is 17.0. The molecule has 0 saturated heterocycles. The normalized spacial score (nSPS) is 11.0. The van der Waals surface area contributed by atoms with Gasteiger partial charge in [-0.15, -0.1) is 0 Å². The van der Waals surface area contributed by atoms with Crippen LogP contribution in [0.4, 0.5) is 0 Å². The van der Waals surface area contributed by atoms with Gasteiger partial charge in [0.1, 0.15) is 12.4 Å². The van der Waals surface area contributed by atoms with E-state index < -0.39 is 5.97 Å². The first-order chi connectivity index (χ1) is 15.7. The van der Waals surface area contributed by atoms with Gasteiger partial charge in [0, 0.05) is 6.61 Å². The highest BCUT2D eigenvalue weighted by Gasteiger charge is 2.02. The van der Waals surface area contributed by atoms with Crippen molar-refractivity contribution in [1.29, 1.82) is 0 Å². The third-order valence-corrected chi connectivity index (χ3v) is 5.61. The predicted molar refractivity (Wildman–Crippen MR) is 131 cm³/mol. The van der Waals surface area contributed by atoms with Crippen LogP contribution in [0, 0.1) is 0 Å². The molecule has 0 spiro atoms. The monoisotopic (exact) mass is 450 g/mol. The number of rotatable bonds is 23. The maximum Gasteiger partial charge on any atom is 0.335 e. The van der Waals surface area contributed by atoms with Gasteiger partial charge >= 0.3 is 5.97 Å². The standard InChI is InChI=1S/C27H46O5/c1-2-3-4-5-6-7-8-9-10-11-12-13-14-15-20-30-21-22-31-23-24-32-26-18-16-25(17-19-26)27(28)29/h16-19H,2-15,20-24H2,1H3,(H,28,29). The van der Waals surface area contributed by atoms with Gasteiger partial charge in [-0.2, -0.15) is 0 Å². The Morgan fingerprint density at radius 2 is 1.06 bits per heavy atom. The second kappa shape index (κ2) is 21.3. The van der Waals surface area contributed by atoms with E-state index >= 15 is 0 Å². The van der Waals surface area contributed by atoms with Gasteiger partial charge in [-0.25, -0.2) is 4.79 Å². The molecule has 32 heavy (non-hydrogen) atoms. The minimum Gasteiger partial charge on any atom is -0.491 e. The van der Waals surface area contributed by atoms with E-state index in [1.165, 1.54) is 95.6 Å². The van der Waals surface area contributed by atoms with Crippen molar-refractivity contribution in [2.24, 2.45) is 0 Å². The number of benzene rings is 1. The number of unbranched alkanes of at least 4 members (excludes halogenated alkanes) is 13. The molecule has 1 rings (SSSR count). The summed E-state index contributed by atoms with van der Waals surface area (Å²) in [6, 6.07) is 6.37. The number of carboxylic acids is 1. The molecule has 0 unspecified atom stereocenters. The van der Waals surface area contributed by atoms with Gasteiger partial charge in [0.2, 0.25) is 0 Å². The van der Waals surface area contributed by atoms with Crippen LogP contribution in [0.2, 0.25) is 0 Å². The summed E-state index contributed by atoms with van der Waals surface area (Å²) < 4.78 is 16.6. The highest BCUT2D eigenvalue weighted by molar-refractivity contribution is 5.87. The molecule has 0 amide bonds. The topological polar surface area (TPSA) is 65.0 Å². The number of hydrogen-bond acceptors (Lipinski definition) is 4. The number of carboxylic acid groups (broad SMARTS) is 1. The number of aromatic carboxylic acids is 1. The van der Waals surface area contributed by atoms with E-state index in [2.05, 4.69) is 6.92 Å². The van der Waals surface area contributed by atoms with Crippen molar-refractivity contribution in [3.8, 4) is 5.75 Å². The molecule has 0 saturated carbocycles. The van der Waals surface area contributed by atoms with Crippen LogP contribution in [0.25, 0.3) is 0 Å². The lowest BCUT2D eigenvalue weighted by molar-refractivity contribution is 0.0352. The summed E-state index contributed by atoms with van der Waals surface area (Å²) >= 11 is 0. The Hall–Kier alpha value is -1.59. The van der Waals surface area contributed by atoms with Gasteiger partial charge in [0.05, 0.1) is 25.4 Å². The molecule has 0 aliphatic carbocycles. The third-order valence-electron chi connectivity index (χ3n) is 5.61. The van der Waals surface area contributed by atoms with Crippen molar-refractivity contribution < 1.29 is 24.1 Å². The van der Waals surface area contributed by atoms with Gasteiger partial charge in [-0.1, -0.05) is 90.4 Å². The molecule has 1 N–H and O–H groups in total. The maximum atomic E-state index is 10.8. The first-order valence-corrected chi connectivity index (χ1v) is 12.9. The molecule has 0 aromatic heterocycles. The average molecular weight is 451 g/mol. The zero-order valence-corrected chi connectivity index (χ0v) is 20.3. The largest absolute Gasteiger partial charge is 0.491 e. The van der Waals surface area contributed by atoms with Crippen LogP contribution in [0.15, 0.2) is 24.3 Å². The van der Waals surface area contributed by atoms with Crippen molar-refractivity contribution in [3.05, 3.63) is 29.8 Å². The Labute approximate surface area is 195 Å². The van der Waals surface area contributed by atoms with Gasteiger partial charge in [0.15, 0.2) is 0 Å². The second-order valence-electron chi connectivity index (χ2n) is 8.50. The fourth-order valence-electron chi connectivity index (χ4n) is 3.63. The highest BCUT2D eigenvalue weighted by atomic mass is 16.5. The lowest BCUT2D eigenvalue weighted by Gasteiger charge is -2.08. The second-order valence-corrected chi connectivity index (χ2v) is 8.50. The molecule has 0 heterocycles. The van der Waals surface area contributed by atoms with Crippen molar-refractivity contribution >= 4 is 5.97 Å². The Morgan fingerprint density at radius 3 is 1.56 bits per heavy atom. The molecule has 0 bridgehead atoms. The minimum absolute atomic E-state index is 0.254. The fraction of sp³-hybridized carbons (Fsp3) is 0.741. The molecule has 184 valence electrons. The zero-order chi connectivity index (χ0) is 23.1. The maximum absolute atomic E-state index is 10.8. The lowest BCUT2D eigenvalue weighted by Crippen LogP contribution is -2.11. The van der Waals surface area contributed by atoms with E-state index in [1.807, 2.05) is 0 Å². The Bertz CT molecular complexity index is 543. The summed E-state index contributed by atoms with van der Waals surface area (Å²) in [5.74, 6) is -0.290. The van der Waals surface area contributed by atoms with E-state index in [4.69, 9.17) is 19.3 Å². The fourth-order valence-corrected chi connectivity index (χ4v) is 3.63. The average Bonchev–Trinajstić information content (AvgIpc) is 2.80. The van der Waals surface area contributed by atoms with Crippen LogP contribution < -0.4 is 4.74 Å². The van der Waals surface area contributed by atoms with Crippen LogP contribution in [0.3, 0.4) is 0 Å². The number of ether oxygens (including phenoxy) is 3. The van der Waals surface area contributed by atoms with Crippen LogP contribution in [0.5, 0.6) is 5.75 Å². The SMILES string of the molecule is CCCCCCCCCCCCCCCCOCCOCCOc1ccc(C(=O)O)cc1. The quantitative estimate of drug-likeness (QED) is 0.177. The highest BCUT2D eigenvalue weighted by Crippen LogP contribution is 2.13. The summed E-state index contributed by atoms with van der Waals surface area (Å²) in [4.78, 5) is 10.8. The molecule has 0 fully saturated rings. The Kier molecular flexibility index (Phi) is 18.9. The van der Waals surface area contributed by atoms with E-state index in [1.54, 1.807) is 12.1 Å². The van der Waals surface area contributed by atoms with Crippen LogP contribution in [0.1, 0.15) is 107 Å². The van der Waals surface area contributed by atoms with Crippen LogP contribution in [-0.2, 0) is 9.47 Å². The van der Waals surface area contributed by atoms with Crippen molar-refractivity contribution in [3.63, 3.8) is 0 Å². The Morgan fingerprint density at radius 1 is 0.625 bits per heavy atom. The zero-order valence-electron chi connectivity index (χ0n) is 20.3. The lowest BCUT2D eigenvalue weighted by atomic mass is 10.0. The van der Waals surface area contributed by atoms with Crippen molar-refractivity contribution in [2.75, 3.05) is 33.0 Å². The van der Waals surface area contributed by atoms with E-state index in [0.717, 1.165) is 13.0 Å². The number of carbonyl (C=O) groups is 1. The molecule has 5 heteroatoms. The summed E-state index contributed by atoms with van der Waals surface area (Å²) in [6.45, 7) is 5.20. The Balaban J connectivity index is 1.73. The van der Waals surface area contributed by atoms with Crippen LogP contribution >= 0.6 is 0 Å². The predicted octanol–water partition coefficient (Wildman–Crippen LogP) is 7.28. The number of hydrogen-bond donors (Lipinski definition) is 1. The summed E-state index contributed by atoms with van der Waals surface area (Å²) in [5.41, 5.74) is 0.254. The van der Waals surface area contributed by atoms with Gasteiger partial charge in [0.25, 0.3) is 0 Å². The molecule has 0 aliphatic rings. The minimum atomic E-state index is -0.936.